The molecule has 0 aromatic heterocycles. The van der Waals surface area contributed by atoms with Crippen LogP contribution in [0.2, 0.25) is 0 Å². The summed E-state index contributed by atoms with van der Waals surface area (Å²) in [4.78, 5) is 12.4. The quantitative estimate of drug-likeness (QED) is 0.670. The second-order valence-electron chi connectivity index (χ2n) is 6.89. The van der Waals surface area contributed by atoms with Crippen molar-refractivity contribution in [3.05, 3.63) is 0 Å². The van der Waals surface area contributed by atoms with E-state index in [0.29, 0.717) is 24.4 Å². The number of rotatable bonds is 0. The van der Waals surface area contributed by atoms with Crippen LogP contribution in [0.1, 0.15) is 46.5 Å². The zero-order chi connectivity index (χ0) is 13.4. The molecule has 1 aliphatic heterocycles. The number of carboxylic acid groups (broad SMARTS) is 1. The maximum atomic E-state index is 10.9. The first-order chi connectivity index (χ1) is 8.30. The Morgan fingerprint density at radius 2 is 1.83 bits per heavy atom. The van der Waals surface area contributed by atoms with Crippen LogP contribution in [-0.4, -0.2) is 29.2 Å². The first-order valence-corrected chi connectivity index (χ1v) is 6.80. The standard InChI is InChI=1S/C15H23NO2/c1-14(2,3)5-4-12-10-15(11-12)6-8-16(9-7-15)13(17)18/h12H,6-11H2,1-3H3,(H,17,18). The summed E-state index contributed by atoms with van der Waals surface area (Å²) in [6.45, 7) is 7.82. The summed E-state index contributed by atoms with van der Waals surface area (Å²) in [5.41, 5.74) is 0.499. The van der Waals surface area contributed by atoms with Crippen molar-refractivity contribution in [2.24, 2.45) is 16.7 Å². The summed E-state index contributed by atoms with van der Waals surface area (Å²) in [6.07, 6.45) is 3.61. The summed E-state index contributed by atoms with van der Waals surface area (Å²) in [5.74, 6) is 7.25. The highest BCUT2D eigenvalue weighted by Crippen LogP contribution is 2.52. The molecule has 2 rings (SSSR count). The van der Waals surface area contributed by atoms with Gasteiger partial charge in [-0.15, -0.1) is 0 Å². The number of hydrogen-bond donors (Lipinski definition) is 1. The number of amides is 1. The zero-order valence-electron chi connectivity index (χ0n) is 11.6. The summed E-state index contributed by atoms with van der Waals surface area (Å²) in [7, 11) is 0. The summed E-state index contributed by atoms with van der Waals surface area (Å²) in [5, 5.41) is 8.93. The lowest BCUT2D eigenvalue weighted by Crippen LogP contribution is -2.48. The molecule has 2 fully saturated rings. The smallest absolute Gasteiger partial charge is 0.407 e. The highest BCUT2D eigenvalue weighted by Gasteiger charge is 2.45. The van der Waals surface area contributed by atoms with Crippen molar-refractivity contribution in [1.82, 2.24) is 4.90 Å². The molecule has 0 bridgehead atoms. The van der Waals surface area contributed by atoms with Gasteiger partial charge < -0.3 is 10.0 Å². The Kier molecular flexibility index (Phi) is 3.31. The largest absolute Gasteiger partial charge is 0.465 e. The molecular weight excluding hydrogens is 226 g/mol. The van der Waals surface area contributed by atoms with Crippen molar-refractivity contribution >= 4 is 6.09 Å². The number of nitrogens with zero attached hydrogens (tertiary/aromatic N) is 1. The van der Waals surface area contributed by atoms with Gasteiger partial charge in [0, 0.05) is 24.4 Å². The number of likely N-dealkylation sites (tertiary alicyclic amines) is 1. The van der Waals surface area contributed by atoms with Gasteiger partial charge in [0.25, 0.3) is 0 Å². The van der Waals surface area contributed by atoms with Gasteiger partial charge in [-0.2, -0.15) is 0 Å². The number of piperidine rings is 1. The fraction of sp³-hybridized carbons (Fsp3) is 0.800. The van der Waals surface area contributed by atoms with Crippen LogP contribution < -0.4 is 0 Å². The summed E-state index contributed by atoms with van der Waals surface area (Å²) in [6, 6.07) is 0. The Labute approximate surface area is 110 Å². The Morgan fingerprint density at radius 3 is 2.28 bits per heavy atom. The first-order valence-electron chi connectivity index (χ1n) is 6.80. The van der Waals surface area contributed by atoms with Gasteiger partial charge in [-0.05, 0) is 51.9 Å². The molecule has 1 spiro atoms. The normalized spacial score (nSPS) is 23.2. The van der Waals surface area contributed by atoms with Crippen molar-refractivity contribution in [1.29, 1.82) is 0 Å². The minimum Gasteiger partial charge on any atom is -0.465 e. The predicted octanol–water partition coefficient (Wildman–Crippen LogP) is 3.21. The third-order valence-corrected chi connectivity index (χ3v) is 4.10. The lowest BCUT2D eigenvalue weighted by molar-refractivity contribution is 0.0115. The van der Waals surface area contributed by atoms with Crippen LogP contribution in [0.15, 0.2) is 0 Å². The molecule has 0 unspecified atom stereocenters. The Bertz CT molecular complexity index is 381. The third-order valence-electron chi connectivity index (χ3n) is 4.10. The molecule has 1 amide bonds. The maximum Gasteiger partial charge on any atom is 0.407 e. The fourth-order valence-electron chi connectivity index (χ4n) is 2.99. The van der Waals surface area contributed by atoms with Gasteiger partial charge in [-0.3, -0.25) is 0 Å². The molecule has 1 saturated carbocycles. The zero-order valence-corrected chi connectivity index (χ0v) is 11.6. The molecular formula is C15H23NO2. The van der Waals surface area contributed by atoms with Crippen LogP contribution >= 0.6 is 0 Å². The summed E-state index contributed by atoms with van der Waals surface area (Å²) < 4.78 is 0. The molecule has 1 N–H and O–H groups in total. The van der Waals surface area contributed by atoms with Crippen LogP contribution in [0, 0.1) is 28.6 Å². The van der Waals surface area contributed by atoms with Gasteiger partial charge in [-0.25, -0.2) is 4.79 Å². The molecule has 18 heavy (non-hydrogen) atoms. The van der Waals surface area contributed by atoms with Gasteiger partial charge >= 0.3 is 6.09 Å². The molecule has 3 nitrogen and oxygen atoms in total. The second kappa shape index (κ2) is 4.50. The summed E-state index contributed by atoms with van der Waals surface area (Å²) >= 11 is 0. The van der Waals surface area contributed by atoms with Crippen molar-refractivity contribution in [3.8, 4) is 11.8 Å². The van der Waals surface area contributed by atoms with E-state index >= 15 is 0 Å². The Hall–Kier alpha value is -1.17. The molecule has 0 radical (unpaired) electrons. The van der Waals surface area contributed by atoms with E-state index in [9.17, 15) is 4.79 Å². The average molecular weight is 249 g/mol. The molecule has 100 valence electrons. The highest BCUT2D eigenvalue weighted by molar-refractivity contribution is 5.65. The van der Waals surface area contributed by atoms with Gasteiger partial charge in [0.2, 0.25) is 0 Å². The van der Waals surface area contributed by atoms with Crippen molar-refractivity contribution in [2.45, 2.75) is 46.5 Å². The minimum absolute atomic E-state index is 0.0927. The van der Waals surface area contributed by atoms with Crippen LogP contribution in [0.25, 0.3) is 0 Å². The molecule has 1 saturated heterocycles. The second-order valence-corrected chi connectivity index (χ2v) is 6.89. The molecule has 2 aliphatic rings. The van der Waals surface area contributed by atoms with Crippen LogP contribution in [-0.2, 0) is 0 Å². The average Bonchev–Trinajstić information content (AvgIpc) is 2.22. The van der Waals surface area contributed by atoms with E-state index in [4.69, 9.17) is 5.11 Å². The van der Waals surface area contributed by atoms with Gasteiger partial charge in [-0.1, -0.05) is 11.8 Å². The molecule has 0 aromatic carbocycles. The molecule has 1 aliphatic carbocycles. The molecule has 0 aromatic rings. The maximum absolute atomic E-state index is 10.9. The van der Waals surface area contributed by atoms with Gasteiger partial charge in [0.05, 0.1) is 0 Å². The van der Waals surface area contributed by atoms with E-state index in [1.807, 2.05) is 0 Å². The van der Waals surface area contributed by atoms with E-state index in [2.05, 4.69) is 32.6 Å². The first kappa shape index (κ1) is 13.3. The van der Waals surface area contributed by atoms with Crippen molar-refractivity contribution in [2.75, 3.05) is 13.1 Å². The Morgan fingerprint density at radius 1 is 1.28 bits per heavy atom. The van der Waals surface area contributed by atoms with E-state index < -0.39 is 6.09 Å². The number of hydrogen-bond acceptors (Lipinski definition) is 1. The topological polar surface area (TPSA) is 40.5 Å². The molecule has 0 atom stereocenters. The van der Waals surface area contributed by atoms with Crippen LogP contribution in [0.5, 0.6) is 0 Å². The molecule has 3 heteroatoms. The predicted molar refractivity (Wildman–Crippen MR) is 71.2 cm³/mol. The van der Waals surface area contributed by atoms with Crippen LogP contribution in [0.3, 0.4) is 0 Å². The van der Waals surface area contributed by atoms with E-state index in [0.717, 1.165) is 12.8 Å². The van der Waals surface area contributed by atoms with E-state index in [-0.39, 0.29) is 5.41 Å². The minimum atomic E-state index is -0.770. The highest BCUT2D eigenvalue weighted by atomic mass is 16.4. The molecule has 1 heterocycles. The lowest BCUT2D eigenvalue weighted by atomic mass is 9.57. The van der Waals surface area contributed by atoms with E-state index in [1.165, 1.54) is 12.8 Å². The fourth-order valence-corrected chi connectivity index (χ4v) is 2.99. The third kappa shape index (κ3) is 2.98. The van der Waals surface area contributed by atoms with Crippen molar-refractivity contribution < 1.29 is 9.90 Å². The van der Waals surface area contributed by atoms with Crippen LogP contribution in [0.4, 0.5) is 4.79 Å². The lowest BCUT2D eigenvalue weighted by Gasteiger charge is -2.50. The van der Waals surface area contributed by atoms with Gasteiger partial charge in [0.15, 0.2) is 0 Å². The van der Waals surface area contributed by atoms with Crippen molar-refractivity contribution in [3.63, 3.8) is 0 Å². The van der Waals surface area contributed by atoms with E-state index in [1.54, 1.807) is 4.90 Å². The SMILES string of the molecule is CC(C)(C)C#CC1CC2(CCN(C(=O)O)CC2)C1. The monoisotopic (exact) mass is 249 g/mol. The van der Waals surface area contributed by atoms with Gasteiger partial charge in [0.1, 0.15) is 0 Å². The Balaban J connectivity index is 1.82. The number of carbonyl (C=O) groups is 1.